The summed E-state index contributed by atoms with van der Waals surface area (Å²) in [6.07, 6.45) is 5.19. The molecule has 4 nitrogen and oxygen atoms in total. The van der Waals surface area contributed by atoms with Gasteiger partial charge in [0.25, 0.3) is 5.69 Å². The van der Waals surface area contributed by atoms with E-state index in [4.69, 9.17) is 0 Å². The third kappa shape index (κ3) is 2.11. The van der Waals surface area contributed by atoms with Gasteiger partial charge in [-0.2, -0.15) is 0 Å². The molecule has 2 fully saturated rings. The van der Waals surface area contributed by atoms with Gasteiger partial charge in [0.1, 0.15) is 0 Å². The number of benzene rings is 1. The molecule has 96 valence electrons. The summed E-state index contributed by atoms with van der Waals surface area (Å²) in [7, 11) is 0. The zero-order chi connectivity index (χ0) is 12.7. The Balaban J connectivity index is 1.79. The van der Waals surface area contributed by atoms with Crippen LogP contribution in [0.1, 0.15) is 25.7 Å². The molecule has 2 saturated carbocycles. The zero-order valence-corrected chi connectivity index (χ0v) is 11.5. The Morgan fingerprint density at radius 1 is 1.33 bits per heavy atom. The fourth-order valence-corrected chi connectivity index (χ4v) is 3.72. The van der Waals surface area contributed by atoms with E-state index in [2.05, 4.69) is 21.2 Å². The maximum absolute atomic E-state index is 10.8. The van der Waals surface area contributed by atoms with Crippen molar-refractivity contribution in [1.82, 2.24) is 0 Å². The van der Waals surface area contributed by atoms with Crippen LogP contribution < -0.4 is 5.32 Å². The van der Waals surface area contributed by atoms with Gasteiger partial charge < -0.3 is 5.32 Å². The zero-order valence-electron chi connectivity index (χ0n) is 9.93. The van der Waals surface area contributed by atoms with Gasteiger partial charge in [-0.3, -0.25) is 10.1 Å². The maximum atomic E-state index is 10.8. The number of nitro benzene ring substituents is 1. The molecule has 2 bridgehead atoms. The van der Waals surface area contributed by atoms with Gasteiger partial charge in [0.2, 0.25) is 0 Å². The number of hydrogen-bond donors (Lipinski definition) is 1. The average Bonchev–Trinajstić information content (AvgIpc) is 2.93. The Labute approximate surface area is 114 Å². The highest BCUT2D eigenvalue weighted by molar-refractivity contribution is 9.10. The summed E-state index contributed by atoms with van der Waals surface area (Å²) in [4.78, 5) is 10.4. The topological polar surface area (TPSA) is 55.2 Å². The summed E-state index contributed by atoms with van der Waals surface area (Å²) >= 11 is 3.45. The fraction of sp³-hybridized carbons (Fsp3) is 0.538. The molecule has 0 heterocycles. The number of hydrogen-bond acceptors (Lipinski definition) is 3. The Kier molecular flexibility index (Phi) is 3.01. The van der Waals surface area contributed by atoms with Crippen molar-refractivity contribution < 1.29 is 4.92 Å². The second-order valence-corrected chi connectivity index (χ2v) is 6.20. The lowest BCUT2D eigenvalue weighted by molar-refractivity contribution is -0.384. The van der Waals surface area contributed by atoms with Crippen molar-refractivity contribution in [3.05, 3.63) is 32.8 Å². The van der Waals surface area contributed by atoms with E-state index in [0.717, 1.165) is 22.0 Å². The smallest absolute Gasteiger partial charge is 0.271 e. The molecule has 1 N–H and O–H groups in total. The molecule has 3 rings (SSSR count). The molecule has 2 aliphatic carbocycles. The normalized spacial score (nSPS) is 29.5. The first-order valence-electron chi connectivity index (χ1n) is 6.34. The highest BCUT2D eigenvalue weighted by Crippen LogP contribution is 2.46. The number of nitro groups is 1. The van der Waals surface area contributed by atoms with Crippen LogP contribution in [0.2, 0.25) is 0 Å². The first-order valence-corrected chi connectivity index (χ1v) is 7.13. The number of non-ortho nitro benzene ring substituents is 1. The third-order valence-electron chi connectivity index (χ3n) is 4.24. The van der Waals surface area contributed by atoms with Gasteiger partial charge in [-0.05, 0) is 53.1 Å². The molecule has 5 heteroatoms. The second-order valence-electron chi connectivity index (χ2n) is 5.35. The van der Waals surface area contributed by atoms with E-state index in [1.807, 2.05) is 0 Å². The van der Waals surface area contributed by atoms with E-state index >= 15 is 0 Å². The highest BCUT2D eigenvalue weighted by atomic mass is 79.9. The van der Waals surface area contributed by atoms with Gasteiger partial charge in [-0.15, -0.1) is 0 Å². The Bertz CT molecular complexity index is 492. The molecule has 0 spiro atoms. The van der Waals surface area contributed by atoms with E-state index in [0.29, 0.717) is 6.04 Å². The Morgan fingerprint density at radius 2 is 2.17 bits per heavy atom. The molecule has 1 aromatic rings. The minimum atomic E-state index is -0.349. The monoisotopic (exact) mass is 310 g/mol. The van der Waals surface area contributed by atoms with Crippen LogP contribution in [0.15, 0.2) is 22.7 Å². The maximum Gasteiger partial charge on any atom is 0.271 e. The van der Waals surface area contributed by atoms with Crippen LogP contribution in [0.3, 0.4) is 0 Å². The number of nitrogens with one attached hydrogen (secondary N) is 1. The molecule has 3 unspecified atom stereocenters. The molecule has 1 aromatic carbocycles. The van der Waals surface area contributed by atoms with E-state index in [1.165, 1.54) is 31.7 Å². The Hall–Kier alpha value is -1.10. The van der Waals surface area contributed by atoms with Crippen molar-refractivity contribution in [2.24, 2.45) is 11.8 Å². The van der Waals surface area contributed by atoms with Gasteiger partial charge in [0, 0.05) is 22.6 Å². The van der Waals surface area contributed by atoms with Gasteiger partial charge >= 0.3 is 0 Å². The molecule has 0 aliphatic heterocycles. The Morgan fingerprint density at radius 3 is 2.78 bits per heavy atom. The molecule has 3 atom stereocenters. The second kappa shape index (κ2) is 4.53. The summed E-state index contributed by atoms with van der Waals surface area (Å²) < 4.78 is 0.899. The van der Waals surface area contributed by atoms with Crippen molar-refractivity contribution in [2.75, 3.05) is 5.32 Å². The number of halogens is 1. The largest absolute Gasteiger partial charge is 0.381 e. The number of nitrogens with zero attached hydrogens (tertiary/aromatic N) is 1. The van der Waals surface area contributed by atoms with Gasteiger partial charge in [0.15, 0.2) is 0 Å². The molecule has 0 radical (unpaired) electrons. The predicted octanol–water partition coefficient (Wildman–Crippen LogP) is 3.96. The summed E-state index contributed by atoms with van der Waals surface area (Å²) in [5.41, 5.74) is 0.991. The molecule has 0 aromatic heterocycles. The summed E-state index contributed by atoms with van der Waals surface area (Å²) in [6.45, 7) is 0. The summed E-state index contributed by atoms with van der Waals surface area (Å²) in [5, 5.41) is 14.3. The van der Waals surface area contributed by atoms with E-state index in [-0.39, 0.29) is 10.6 Å². The lowest BCUT2D eigenvalue weighted by Crippen LogP contribution is -2.26. The minimum absolute atomic E-state index is 0.142. The minimum Gasteiger partial charge on any atom is -0.381 e. The van der Waals surface area contributed by atoms with Gasteiger partial charge in [-0.1, -0.05) is 6.42 Å². The van der Waals surface area contributed by atoms with Crippen LogP contribution >= 0.6 is 15.9 Å². The standard InChI is InChI=1S/C13H15BrN2O2/c14-11-4-3-10(16(17)18)7-13(11)15-12-6-8-1-2-9(12)5-8/h3-4,7-9,12,15H,1-2,5-6H2. The van der Waals surface area contributed by atoms with Crippen LogP contribution in [0.25, 0.3) is 0 Å². The first kappa shape index (κ1) is 12.0. The molecular weight excluding hydrogens is 296 g/mol. The van der Waals surface area contributed by atoms with Crippen LogP contribution in [0.5, 0.6) is 0 Å². The van der Waals surface area contributed by atoms with E-state index < -0.39 is 0 Å². The average molecular weight is 311 g/mol. The lowest BCUT2D eigenvalue weighted by Gasteiger charge is -2.24. The number of anilines is 1. The summed E-state index contributed by atoms with van der Waals surface area (Å²) in [5.74, 6) is 1.62. The van der Waals surface area contributed by atoms with Crippen molar-refractivity contribution in [2.45, 2.75) is 31.7 Å². The SMILES string of the molecule is O=[N+]([O-])c1ccc(Br)c(NC2CC3CCC2C3)c1. The molecule has 2 aliphatic rings. The molecular formula is C13H15BrN2O2. The van der Waals surface area contributed by atoms with Crippen molar-refractivity contribution in [3.8, 4) is 0 Å². The lowest BCUT2D eigenvalue weighted by atomic mass is 9.95. The quantitative estimate of drug-likeness (QED) is 0.679. The first-order chi connectivity index (χ1) is 8.63. The third-order valence-corrected chi connectivity index (χ3v) is 4.93. The van der Waals surface area contributed by atoms with Crippen molar-refractivity contribution in [1.29, 1.82) is 0 Å². The number of rotatable bonds is 3. The molecule has 0 saturated heterocycles. The highest BCUT2D eigenvalue weighted by Gasteiger charge is 2.39. The van der Waals surface area contributed by atoms with Crippen LogP contribution in [-0.2, 0) is 0 Å². The van der Waals surface area contributed by atoms with Crippen molar-refractivity contribution >= 4 is 27.3 Å². The van der Waals surface area contributed by atoms with Gasteiger partial charge in [-0.25, -0.2) is 0 Å². The van der Waals surface area contributed by atoms with Gasteiger partial charge in [0.05, 0.1) is 10.6 Å². The van der Waals surface area contributed by atoms with E-state index in [1.54, 1.807) is 12.1 Å². The van der Waals surface area contributed by atoms with Crippen molar-refractivity contribution in [3.63, 3.8) is 0 Å². The van der Waals surface area contributed by atoms with E-state index in [9.17, 15) is 10.1 Å². The molecule has 18 heavy (non-hydrogen) atoms. The fourth-order valence-electron chi connectivity index (χ4n) is 3.36. The summed E-state index contributed by atoms with van der Waals surface area (Å²) in [6, 6.07) is 5.38. The molecule has 0 amide bonds. The van der Waals surface area contributed by atoms with Crippen LogP contribution in [-0.4, -0.2) is 11.0 Å². The number of fused-ring (bicyclic) bond motifs is 2. The predicted molar refractivity (Wildman–Crippen MR) is 73.7 cm³/mol. The van der Waals surface area contributed by atoms with Crippen LogP contribution in [0, 0.1) is 22.0 Å². The van der Waals surface area contributed by atoms with Crippen LogP contribution in [0.4, 0.5) is 11.4 Å².